The van der Waals surface area contributed by atoms with Gasteiger partial charge in [0.25, 0.3) is 0 Å². The van der Waals surface area contributed by atoms with Gasteiger partial charge in [-0.15, -0.1) is 0 Å². The fourth-order valence-corrected chi connectivity index (χ4v) is 1.84. The normalized spacial score (nSPS) is 13.3. The average Bonchev–Trinajstić information content (AvgIpc) is 2.62. The second-order valence-electron chi connectivity index (χ2n) is 3.03. The molecule has 0 unspecified atom stereocenters. The van der Waals surface area contributed by atoms with E-state index in [-0.39, 0.29) is 4.69 Å². The third kappa shape index (κ3) is 1.50. The Bertz CT molecular complexity index is 387. The molecule has 2 rings (SSSR count). The summed E-state index contributed by atoms with van der Waals surface area (Å²) >= 11 is 2.92. The Labute approximate surface area is 90.1 Å². The number of ether oxygens (including phenoxy) is 2. The van der Waals surface area contributed by atoms with E-state index in [4.69, 9.17) is 9.47 Å². The van der Waals surface area contributed by atoms with Crippen molar-refractivity contribution >= 4 is 20.6 Å². The van der Waals surface area contributed by atoms with Crippen molar-refractivity contribution in [2.24, 2.45) is 0 Å². The van der Waals surface area contributed by atoms with Crippen LogP contribution in [-0.4, -0.2) is 18.4 Å². The number of hydrogen-bond donors (Lipinski definition) is 0. The maximum atomic E-state index is 11.2. The van der Waals surface area contributed by atoms with Gasteiger partial charge in [0.1, 0.15) is 11.5 Å². The third-order valence-electron chi connectivity index (χ3n) is 2.22. The molecule has 1 aliphatic rings. The van der Waals surface area contributed by atoms with Crippen molar-refractivity contribution in [1.82, 2.24) is 0 Å². The third-order valence-corrected chi connectivity index (χ3v) is 2.65. The number of fused-ring (bicyclic) bond motifs is 1. The fraction of sp³-hybridized carbons (Fsp3) is 0.300. The molecule has 1 aromatic rings. The highest BCUT2D eigenvalue weighted by molar-refractivity contribution is 9.18. The van der Waals surface area contributed by atoms with Crippen LogP contribution in [0.3, 0.4) is 0 Å². The largest absolute Gasteiger partial charge is 0.496 e. The van der Waals surface area contributed by atoms with E-state index in [9.17, 15) is 4.79 Å². The molecule has 0 bridgehead atoms. The summed E-state index contributed by atoms with van der Waals surface area (Å²) in [4.78, 5) is 11.2. The van der Waals surface area contributed by atoms with Gasteiger partial charge in [-0.1, -0.05) is 0 Å². The minimum atomic E-state index is -0.163. The lowest BCUT2D eigenvalue weighted by Gasteiger charge is -2.07. The van der Waals surface area contributed by atoms with Gasteiger partial charge in [0.2, 0.25) is 4.69 Å². The number of methoxy groups -OCH3 is 1. The van der Waals surface area contributed by atoms with Crippen LogP contribution in [0.5, 0.6) is 11.5 Å². The molecule has 0 fully saturated rings. The van der Waals surface area contributed by atoms with Crippen LogP contribution >= 0.6 is 15.9 Å². The molecule has 1 aromatic carbocycles. The zero-order chi connectivity index (χ0) is 10.1. The summed E-state index contributed by atoms with van der Waals surface area (Å²) in [5.41, 5.74) is 1.62. The summed E-state index contributed by atoms with van der Waals surface area (Å²) in [5, 5.41) is 0. The molecule has 1 aliphatic heterocycles. The van der Waals surface area contributed by atoms with Crippen molar-refractivity contribution < 1.29 is 14.3 Å². The Morgan fingerprint density at radius 3 is 3.00 bits per heavy atom. The molecule has 0 spiro atoms. The fourth-order valence-electron chi connectivity index (χ4n) is 1.53. The molecule has 74 valence electrons. The Kier molecular flexibility index (Phi) is 2.46. The van der Waals surface area contributed by atoms with Gasteiger partial charge in [-0.3, -0.25) is 4.79 Å². The monoisotopic (exact) mass is 256 g/mol. The second kappa shape index (κ2) is 3.61. The smallest absolute Gasteiger partial charge is 0.231 e. The average molecular weight is 257 g/mol. The van der Waals surface area contributed by atoms with Crippen LogP contribution < -0.4 is 9.47 Å². The molecule has 0 saturated carbocycles. The molecule has 0 saturated heterocycles. The summed E-state index contributed by atoms with van der Waals surface area (Å²) in [7, 11) is 1.54. The van der Waals surface area contributed by atoms with Crippen molar-refractivity contribution in [3.05, 3.63) is 23.3 Å². The van der Waals surface area contributed by atoms with Gasteiger partial charge in [-0.05, 0) is 27.6 Å². The van der Waals surface area contributed by atoms with Crippen molar-refractivity contribution in [2.45, 2.75) is 6.42 Å². The van der Waals surface area contributed by atoms with Crippen LogP contribution in [0.25, 0.3) is 0 Å². The Balaban J connectivity index is 2.54. The lowest BCUT2D eigenvalue weighted by molar-refractivity contribution is 0.109. The van der Waals surface area contributed by atoms with Crippen molar-refractivity contribution in [2.75, 3.05) is 13.7 Å². The first-order valence-electron chi connectivity index (χ1n) is 4.26. The molecule has 0 amide bonds. The molecule has 3 nitrogen and oxygen atoms in total. The highest BCUT2D eigenvalue weighted by Crippen LogP contribution is 2.33. The van der Waals surface area contributed by atoms with E-state index < -0.39 is 0 Å². The van der Waals surface area contributed by atoms with Crippen LogP contribution in [0.1, 0.15) is 15.9 Å². The van der Waals surface area contributed by atoms with Crippen LogP contribution in [0, 0.1) is 0 Å². The lowest BCUT2D eigenvalue weighted by Crippen LogP contribution is -1.96. The topological polar surface area (TPSA) is 35.5 Å². The van der Waals surface area contributed by atoms with Gasteiger partial charge >= 0.3 is 0 Å². The number of hydrogen-bond acceptors (Lipinski definition) is 3. The predicted octanol–water partition coefficient (Wildman–Crippen LogP) is 2.17. The Morgan fingerprint density at radius 2 is 2.36 bits per heavy atom. The zero-order valence-electron chi connectivity index (χ0n) is 7.67. The minimum Gasteiger partial charge on any atom is -0.496 e. The Hall–Kier alpha value is -1.03. The molecule has 4 heteroatoms. The summed E-state index contributed by atoms with van der Waals surface area (Å²) in [6, 6.07) is 3.58. The van der Waals surface area contributed by atoms with Crippen molar-refractivity contribution in [1.29, 1.82) is 0 Å². The number of carbonyl (C=O) groups is 1. The summed E-state index contributed by atoms with van der Waals surface area (Å²) in [6.07, 6.45) is 0.854. The molecule has 0 atom stereocenters. The molecular weight excluding hydrogens is 248 g/mol. The molecule has 0 aromatic heterocycles. The first-order chi connectivity index (χ1) is 6.72. The first-order valence-corrected chi connectivity index (χ1v) is 5.05. The van der Waals surface area contributed by atoms with Crippen LogP contribution in [0.4, 0.5) is 0 Å². The first kappa shape index (κ1) is 9.52. The standard InChI is InChI=1S/C10H9BrO3/c1-13-9-5-8-6(2-3-14-8)4-7(9)10(11)12/h4-5H,2-3H2,1H3. The van der Waals surface area contributed by atoms with Crippen LogP contribution in [0.15, 0.2) is 12.1 Å². The molecule has 0 aliphatic carbocycles. The quantitative estimate of drug-likeness (QED) is 0.761. The number of carbonyl (C=O) groups excluding carboxylic acids is 1. The van der Waals surface area contributed by atoms with E-state index in [0.717, 1.165) is 17.7 Å². The van der Waals surface area contributed by atoms with Gasteiger partial charge < -0.3 is 9.47 Å². The lowest BCUT2D eigenvalue weighted by atomic mass is 10.1. The Morgan fingerprint density at radius 1 is 1.57 bits per heavy atom. The van der Waals surface area contributed by atoms with Gasteiger partial charge in [-0.25, -0.2) is 0 Å². The van der Waals surface area contributed by atoms with Gasteiger partial charge in [0, 0.05) is 12.5 Å². The van der Waals surface area contributed by atoms with Gasteiger partial charge in [0.05, 0.1) is 19.3 Å². The van der Waals surface area contributed by atoms with E-state index in [2.05, 4.69) is 15.9 Å². The van der Waals surface area contributed by atoms with E-state index >= 15 is 0 Å². The molecule has 0 N–H and O–H groups in total. The predicted molar refractivity (Wildman–Crippen MR) is 55.5 cm³/mol. The highest BCUT2D eigenvalue weighted by atomic mass is 79.9. The van der Waals surface area contributed by atoms with E-state index in [1.54, 1.807) is 6.07 Å². The van der Waals surface area contributed by atoms with E-state index in [1.807, 2.05) is 6.07 Å². The van der Waals surface area contributed by atoms with Crippen molar-refractivity contribution in [3.8, 4) is 11.5 Å². The number of benzene rings is 1. The van der Waals surface area contributed by atoms with Crippen LogP contribution in [0.2, 0.25) is 0 Å². The number of rotatable bonds is 2. The minimum absolute atomic E-state index is 0.163. The van der Waals surface area contributed by atoms with E-state index in [0.29, 0.717) is 17.9 Å². The van der Waals surface area contributed by atoms with E-state index in [1.165, 1.54) is 7.11 Å². The molecular formula is C10H9BrO3. The number of halogens is 1. The second-order valence-corrected chi connectivity index (χ2v) is 3.75. The SMILES string of the molecule is COc1cc2c(cc1C(=O)Br)CCO2. The maximum Gasteiger partial charge on any atom is 0.231 e. The maximum absolute atomic E-state index is 11.2. The molecule has 1 heterocycles. The van der Waals surface area contributed by atoms with Gasteiger partial charge in [-0.2, -0.15) is 0 Å². The molecule has 0 radical (unpaired) electrons. The summed E-state index contributed by atoms with van der Waals surface area (Å²) in [5.74, 6) is 1.37. The summed E-state index contributed by atoms with van der Waals surface area (Å²) < 4.78 is 10.3. The summed E-state index contributed by atoms with van der Waals surface area (Å²) in [6.45, 7) is 0.679. The highest BCUT2D eigenvalue weighted by Gasteiger charge is 2.18. The van der Waals surface area contributed by atoms with Crippen molar-refractivity contribution in [3.63, 3.8) is 0 Å². The van der Waals surface area contributed by atoms with Crippen LogP contribution in [-0.2, 0) is 6.42 Å². The van der Waals surface area contributed by atoms with Gasteiger partial charge in [0.15, 0.2) is 0 Å². The molecule has 14 heavy (non-hydrogen) atoms. The zero-order valence-corrected chi connectivity index (χ0v) is 9.26.